The van der Waals surface area contributed by atoms with Gasteiger partial charge < -0.3 is 9.84 Å². The summed E-state index contributed by atoms with van der Waals surface area (Å²) in [5.41, 5.74) is -0.999. The molecule has 0 aliphatic heterocycles. The van der Waals surface area contributed by atoms with Crippen molar-refractivity contribution in [1.82, 2.24) is 0 Å². The van der Waals surface area contributed by atoms with E-state index in [0.29, 0.717) is 12.1 Å². The summed E-state index contributed by atoms with van der Waals surface area (Å²) in [6.45, 7) is 3.08. The molecule has 27 heavy (non-hydrogen) atoms. The highest BCUT2D eigenvalue weighted by atomic mass is 19.1. The molecule has 5 nitrogen and oxygen atoms in total. The van der Waals surface area contributed by atoms with E-state index >= 15 is 0 Å². The number of amides is 1. The van der Waals surface area contributed by atoms with Gasteiger partial charge in [-0.25, -0.2) is 13.2 Å². The maximum absolute atomic E-state index is 14.0. The second kappa shape index (κ2) is 8.57. The summed E-state index contributed by atoms with van der Waals surface area (Å²) in [4.78, 5) is 25.5. The molecule has 0 bridgehead atoms. The van der Waals surface area contributed by atoms with E-state index in [9.17, 15) is 27.9 Å². The van der Waals surface area contributed by atoms with Crippen molar-refractivity contribution in [2.45, 2.75) is 13.8 Å². The highest BCUT2D eigenvalue weighted by Gasteiger charge is 2.27. The molecule has 0 heterocycles. The van der Waals surface area contributed by atoms with Crippen LogP contribution in [0.15, 0.2) is 36.4 Å². The summed E-state index contributed by atoms with van der Waals surface area (Å²) in [5, 5.41) is 9.62. The molecule has 0 saturated carbocycles. The van der Waals surface area contributed by atoms with Crippen LogP contribution in [0.5, 0.6) is 5.75 Å². The highest BCUT2D eigenvalue weighted by Crippen LogP contribution is 2.24. The van der Waals surface area contributed by atoms with Crippen LogP contribution in [0.4, 0.5) is 18.9 Å². The Kier molecular flexibility index (Phi) is 6.44. The third kappa shape index (κ3) is 5.22. The van der Waals surface area contributed by atoms with Crippen molar-refractivity contribution in [3.63, 3.8) is 0 Å². The number of benzene rings is 2. The van der Waals surface area contributed by atoms with E-state index in [1.165, 1.54) is 18.2 Å². The number of anilines is 1. The predicted molar refractivity (Wildman–Crippen MR) is 91.9 cm³/mol. The van der Waals surface area contributed by atoms with Gasteiger partial charge in [0.25, 0.3) is 5.91 Å². The van der Waals surface area contributed by atoms with E-state index in [4.69, 9.17) is 4.74 Å². The topological polar surface area (TPSA) is 66.8 Å². The number of esters is 1. The summed E-state index contributed by atoms with van der Waals surface area (Å²) in [6.07, 6.45) is 0. The molecule has 1 N–H and O–H groups in total. The number of phenolic OH excluding ortho intramolecular Hbond substituents is 1. The third-order valence-electron chi connectivity index (χ3n) is 3.47. The van der Waals surface area contributed by atoms with Gasteiger partial charge in [-0.15, -0.1) is 0 Å². The number of carbonyl (C=O) groups is 2. The van der Waals surface area contributed by atoms with Crippen molar-refractivity contribution in [2.75, 3.05) is 18.1 Å². The van der Waals surface area contributed by atoms with Crippen LogP contribution in [0.3, 0.4) is 0 Å². The number of rotatable bonds is 6. The molecular weight excluding hydrogens is 363 g/mol. The van der Waals surface area contributed by atoms with Crippen LogP contribution in [0.2, 0.25) is 0 Å². The van der Waals surface area contributed by atoms with Gasteiger partial charge >= 0.3 is 5.97 Å². The molecule has 8 heteroatoms. The number of carbonyl (C=O) groups excluding carboxylic acids is 2. The monoisotopic (exact) mass is 381 g/mol. The Morgan fingerprint density at radius 3 is 2.30 bits per heavy atom. The van der Waals surface area contributed by atoms with Crippen molar-refractivity contribution in [2.24, 2.45) is 5.92 Å². The lowest BCUT2D eigenvalue weighted by molar-refractivity contribution is -0.142. The van der Waals surface area contributed by atoms with Crippen LogP contribution in [0.1, 0.15) is 24.2 Å². The molecule has 2 aromatic rings. The average molecular weight is 381 g/mol. The van der Waals surface area contributed by atoms with Gasteiger partial charge in [0.15, 0.2) is 0 Å². The number of phenols is 1. The summed E-state index contributed by atoms with van der Waals surface area (Å²) < 4.78 is 46.2. The van der Waals surface area contributed by atoms with Crippen LogP contribution in [-0.4, -0.2) is 30.1 Å². The molecule has 0 atom stereocenters. The average Bonchev–Trinajstić information content (AvgIpc) is 2.56. The standard InChI is InChI=1S/C19H18F3NO4/c1-11(2)10-27-17(25)9-23(13-4-3-5-14(24)8-13)19(26)18-15(21)6-12(20)7-16(18)22/h3-8,11,24H,9-10H2,1-2H3. The highest BCUT2D eigenvalue weighted by molar-refractivity contribution is 6.08. The second-order valence-corrected chi connectivity index (χ2v) is 6.23. The maximum Gasteiger partial charge on any atom is 0.326 e. The largest absolute Gasteiger partial charge is 0.508 e. The molecule has 0 unspecified atom stereocenters. The summed E-state index contributed by atoms with van der Waals surface area (Å²) in [7, 11) is 0. The molecule has 2 rings (SSSR count). The Morgan fingerprint density at radius 1 is 1.11 bits per heavy atom. The Bertz CT molecular complexity index is 832. The summed E-state index contributed by atoms with van der Waals surface area (Å²) in [6, 6.07) is 5.96. The van der Waals surface area contributed by atoms with Gasteiger partial charge in [0.05, 0.1) is 6.61 Å². The Balaban J connectivity index is 2.40. The molecule has 0 aromatic heterocycles. The number of ether oxygens (including phenoxy) is 1. The molecule has 0 radical (unpaired) electrons. The minimum absolute atomic E-state index is 0.0182. The number of halogens is 3. The predicted octanol–water partition coefficient (Wildman–Crippen LogP) is 3.66. The first kappa shape index (κ1) is 20.3. The fraction of sp³-hybridized carbons (Fsp3) is 0.263. The van der Waals surface area contributed by atoms with Gasteiger partial charge in [-0.1, -0.05) is 19.9 Å². The van der Waals surface area contributed by atoms with Crippen LogP contribution in [-0.2, 0) is 9.53 Å². The SMILES string of the molecule is CC(C)COC(=O)CN(C(=O)c1c(F)cc(F)cc1F)c1cccc(O)c1. The van der Waals surface area contributed by atoms with Gasteiger partial charge in [-0.2, -0.15) is 0 Å². The lowest BCUT2D eigenvalue weighted by Crippen LogP contribution is -2.38. The zero-order chi connectivity index (χ0) is 20.1. The van der Waals surface area contributed by atoms with Gasteiger partial charge in [0, 0.05) is 23.9 Å². The molecule has 0 aliphatic carbocycles. The third-order valence-corrected chi connectivity index (χ3v) is 3.47. The van der Waals surface area contributed by atoms with Crippen molar-refractivity contribution in [3.8, 4) is 5.75 Å². The Morgan fingerprint density at radius 2 is 1.74 bits per heavy atom. The number of hydrogen-bond donors (Lipinski definition) is 1. The zero-order valence-electron chi connectivity index (χ0n) is 14.7. The molecular formula is C19H18F3NO4. The van der Waals surface area contributed by atoms with Gasteiger partial charge in [0.2, 0.25) is 0 Å². The van der Waals surface area contributed by atoms with Crippen LogP contribution in [0, 0.1) is 23.4 Å². The minimum atomic E-state index is -1.40. The smallest absolute Gasteiger partial charge is 0.326 e. The first-order valence-corrected chi connectivity index (χ1v) is 8.10. The van der Waals surface area contributed by atoms with E-state index in [0.717, 1.165) is 11.0 Å². The number of nitrogens with zero attached hydrogens (tertiary/aromatic N) is 1. The molecule has 1 amide bonds. The van der Waals surface area contributed by atoms with E-state index in [1.54, 1.807) is 0 Å². The lowest BCUT2D eigenvalue weighted by atomic mass is 10.1. The van der Waals surface area contributed by atoms with Crippen molar-refractivity contribution < 1.29 is 32.6 Å². The maximum atomic E-state index is 14.0. The molecule has 0 saturated heterocycles. The normalized spacial score (nSPS) is 10.7. The Labute approximate surface area is 154 Å². The summed E-state index contributed by atoms with van der Waals surface area (Å²) in [5.74, 6) is -6.18. The second-order valence-electron chi connectivity index (χ2n) is 6.23. The van der Waals surface area contributed by atoms with Gasteiger partial charge in [0.1, 0.15) is 35.3 Å². The van der Waals surface area contributed by atoms with E-state index in [-0.39, 0.29) is 24.0 Å². The molecule has 0 aliphatic rings. The van der Waals surface area contributed by atoms with E-state index in [2.05, 4.69) is 0 Å². The van der Waals surface area contributed by atoms with Crippen LogP contribution in [0.25, 0.3) is 0 Å². The molecule has 0 fully saturated rings. The first-order chi connectivity index (χ1) is 12.7. The van der Waals surface area contributed by atoms with Crippen LogP contribution < -0.4 is 4.90 Å². The Hall–Kier alpha value is -3.03. The minimum Gasteiger partial charge on any atom is -0.508 e. The molecule has 0 spiro atoms. The van der Waals surface area contributed by atoms with Crippen LogP contribution >= 0.6 is 0 Å². The van der Waals surface area contributed by atoms with Crippen molar-refractivity contribution in [1.29, 1.82) is 0 Å². The quantitative estimate of drug-likeness (QED) is 0.776. The van der Waals surface area contributed by atoms with E-state index < -0.39 is 41.4 Å². The lowest BCUT2D eigenvalue weighted by Gasteiger charge is -2.23. The summed E-state index contributed by atoms with van der Waals surface area (Å²) >= 11 is 0. The van der Waals surface area contributed by atoms with Gasteiger partial charge in [-0.05, 0) is 18.1 Å². The number of hydrogen-bond acceptors (Lipinski definition) is 4. The molecule has 144 valence electrons. The number of aromatic hydroxyl groups is 1. The van der Waals surface area contributed by atoms with Crippen molar-refractivity contribution >= 4 is 17.6 Å². The zero-order valence-corrected chi connectivity index (χ0v) is 14.7. The first-order valence-electron chi connectivity index (χ1n) is 8.10. The fourth-order valence-corrected chi connectivity index (χ4v) is 2.26. The van der Waals surface area contributed by atoms with Gasteiger partial charge in [-0.3, -0.25) is 14.5 Å². The fourth-order valence-electron chi connectivity index (χ4n) is 2.26. The van der Waals surface area contributed by atoms with E-state index in [1.807, 2.05) is 13.8 Å². The van der Waals surface area contributed by atoms with Crippen molar-refractivity contribution in [3.05, 3.63) is 59.4 Å². The molecule has 2 aromatic carbocycles.